The van der Waals surface area contributed by atoms with E-state index in [-0.39, 0.29) is 6.42 Å². The Hall–Kier alpha value is -1.51. The first-order chi connectivity index (χ1) is 8.13. The first-order valence-electron chi connectivity index (χ1n) is 6.18. The number of aliphatic carboxylic acids is 1. The molecule has 0 aromatic heterocycles. The first-order valence-corrected chi connectivity index (χ1v) is 6.18. The number of para-hydroxylation sites is 1. The molecule has 1 aromatic carbocycles. The molecule has 2 rings (SSSR count). The molecule has 1 unspecified atom stereocenters. The topological polar surface area (TPSA) is 40.5 Å². The number of hydrogen-bond acceptors (Lipinski definition) is 2. The number of likely N-dealkylation sites (N-methyl/N-ethyl adjacent to an activating group) is 1. The molecular weight excluding hydrogens is 214 g/mol. The van der Waals surface area contributed by atoms with E-state index in [0.717, 1.165) is 19.4 Å². The van der Waals surface area contributed by atoms with E-state index in [1.165, 1.54) is 16.8 Å². The standard InChI is InChI=1S/C14H19NO2/c1-3-10-5-4-6-12-11(7-8-13(16)17)9-15(2)14(10)12/h4-6,11H,3,7-9H2,1-2H3,(H,16,17). The van der Waals surface area contributed by atoms with Crippen LogP contribution in [0, 0.1) is 0 Å². The van der Waals surface area contributed by atoms with Crippen molar-refractivity contribution < 1.29 is 9.90 Å². The number of fused-ring (bicyclic) bond motifs is 1. The minimum Gasteiger partial charge on any atom is -0.481 e. The molecule has 3 heteroatoms. The van der Waals surface area contributed by atoms with Gasteiger partial charge in [0, 0.05) is 31.6 Å². The van der Waals surface area contributed by atoms with Gasteiger partial charge in [-0.15, -0.1) is 0 Å². The van der Waals surface area contributed by atoms with Crippen LogP contribution in [-0.4, -0.2) is 24.7 Å². The summed E-state index contributed by atoms with van der Waals surface area (Å²) in [5, 5.41) is 8.77. The second kappa shape index (κ2) is 4.78. The highest BCUT2D eigenvalue weighted by molar-refractivity contribution is 5.68. The number of anilines is 1. The van der Waals surface area contributed by atoms with Gasteiger partial charge in [0.05, 0.1) is 0 Å². The van der Waals surface area contributed by atoms with E-state index in [2.05, 4.69) is 37.1 Å². The molecule has 0 saturated carbocycles. The molecule has 0 aliphatic carbocycles. The maximum Gasteiger partial charge on any atom is 0.303 e. The van der Waals surface area contributed by atoms with E-state index < -0.39 is 5.97 Å². The summed E-state index contributed by atoms with van der Waals surface area (Å²) in [5.74, 6) is -0.328. The maximum atomic E-state index is 10.7. The van der Waals surface area contributed by atoms with E-state index in [0.29, 0.717) is 5.92 Å². The van der Waals surface area contributed by atoms with E-state index in [9.17, 15) is 4.79 Å². The summed E-state index contributed by atoms with van der Waals surface area (Å²) in [6.45, 7) is 3.10. The van der Waals surface area contributed by atoms with Crippen molar-refractivity contribution in [2.45, 2.75) is 32.1 Å². The van der Waals surface area contributed by atoms with Gasteiger partial charge >= 0.3 is 5.97 Å². The third kappa shape index (κ3) is 2.28. The number of nitrogens with zero attached hydrogens (tertiary/aromatic N) is 1. The van der Waals surface area contributed by atoms with Gasteiger partial charge in [0.25, 0.3) is 0 Å². The van der Waals surface area contributed by atoms with Crippen molar-refractivity contribution in [3.63, 3.8) is 0 Å². The monoisotopic (exact) mass is 233 g/mol. The van der Waals surface area contributed by atoms with Crippen molar-refractivity contribution >= 4 is 11.7 Å². The van der Waals surface area contributed by atoms with Crippen LogP contribution < -0.4 is 4.90 Å². The second-order valence-electron chi connectivity index (χ2n) is 4.72. The van der Waals surface area contributed by atoms with Gasteiger partial charge in [0.2, 0.25) is 0 Å². The average molecular weight is 233 g/mol. The molecule has 17 heavy (non-hydrogen) atoms. The smallest absolute Gasteiger partial charge is 0.303 e. The molecule has 0 radical (unpaired) electrons. The third-order valence-corrected chi connectivity index (χ3v) is 3.55. The fraction of sp³-hybridized carbons (Fsp3) is 0.500. The minimum absolute atomic E-state index is 0.258. The maximum absolute atomic E-state index is 10.7. The van der Waals surface area contributed by atoms with Gasteiger partial charge in [-0.2, -0.15) is 0 Å². The van der Waals surface area contributed by atoms with Crippen molar-refractivity contribution in [2.75, 3.05) is 18.5 Å². The highest BCUT2D eigenvalue weighted by Crippen LogP contribution is 2.40. The second-order valence-corrected chi connectivity index (χ2v) is 4.72. The predicted octanol–water partition coefficient (Wildman–Crippen LogP) is 2.65. The normalized spacial score (nSPS) is 18.2. The average Bonchev–Trinajstić information content (AvgIpc) is 2.64. The van der Waals surface area contributed by atoms with Crippen molar-refractivity contribution in [3.05, 3.63) is 29.3 Å². The molecule has 1 aliphatic heterocycles. The fourth-order valence-electron chi connectivity index (χ4n) is 2.76. The van der Waals surface area contributed by atoms with Crippen molar-refractivity contribution in [1.29, 1.82) is 0 Å². The van der Waals surface area contributed by atoms with Gasteiger partial charge in [-0.05, 0) is 24.0 Å². The molecule has 0 spiro atoms. The lowest BCUT2D eigenvalue weighted by Gasteiger charge is -2.15. The summed E-state index contributed by atoms with van der Waals surface area (Å²) in [6, 6.07) is 6.39. The van der Waals surface area contributed by atoms with E-state index in [1.54, 1.807) is 0 Å². The van der Waals surface area contributed by atoms with Gasteiger partial charge in [-0.1, -0.05) is 25.1 Å². The van der Waals surface area contributed by atoms with Gasteiger partial charge in [-0.3, -0.25) is 4.79 Å². The Bertz CT molecular complexity index is 428. The number of rotatable bonds is 4. The highest BCUT2D eigenvalue weighted by atomic mass is 16.4. The van der Waals surface area contributed by atoms with Crippen molar-refractivity contribution in [2.24, 2.45) is 0 Å². The molecule has 1 aromatic rings. The lowest BCUT2D eigenvalue weighted by molar-refractivity contribution is -0.137. The SMILES string of the molecule is CCc1cccc2c1N(C)CC2CCC(=O)O. The molecule has 1 aliphatic rings. The summed E-state index contributed by atoms with van der Waals surface area (Å²) in [5.41, 5.74) is 4.02. The number of carboxylic acids is 1. The zero-order chi connectivity index (χ0) is 12.4. The minimum atomic E-state index is -0.701. The largest absolute Gasteiger partial charge is 0.481 e. The Labute approximate surface area is 102 Å². The molecular formula is C14H19NO2. The number of hydrogen-bond donors (Lipinski definition) is 1. The van der Waals surface area contributed by atoms with Crippen LogP contribution in [0.15, 0.2) is 18.2 Å². The van der Waals surface area contributed by atoms with Crippen LogP contribution in [0.2, 0.25) is 0 Å². The molecule has 0 amide bonds. The van der Waals surface area contributed by atoms with Gasteiger partial charge in [-0.25, -0.2) is 0 Å². The molecule has 0 saturated heterocycles. The van der Waals surface area contributed by atoms with E-state index in [4.69, 9.17) is 5.11 Å². The summed E-state index contributed by atoms with van der Waals surface area (Å²) < 4.78 is 0. The van der Waals surface area contributed by atoms with Crippen LogP contribution in [0.25, 0.3) is 0 Å². The van der Waals surface area contributed by atoms with Gasteiger partial charge in [0.1, 0.15) is 0 Å². The predicted molar refractivity (Wildman–Crippen MR) is 68.7 cm³/mol. The number of carbonyl (C=O) groups is 1. The van der Waals surface area contributed by atoms with Gasteiger partial charge in [0.15, 0.2) is 0 Å². The van der Waals surface area contributed by atoms with E-state index in [1.807, 2.05) is 0 Å². The fourth-order valence-corrected chi connectivity index (χ4v) is 2.76. The lowest BCUT2D eigenvalue weighted by atomic mass is 9.94. The first kappa shape index (κ1) is 12.0. The number of aryl methyl sites for hydroxylation is 1. The third-order valence-electron chi connectivity index (χ3n) is 3.55. The Kier molecular flexibility index (Phi) is 3.36. The molecule has 0 fully saturated rings. The zero-order valence-corrected chi connectivity index (χ0v) is 10.4. The van der Waals surface area contributed by atoms with Crippen molar-refractivity contribution in [1.82, 2.24) is 0 Å². The molecule has 1 atom stereocenters. The number of benzene rings is 1. The summed E-state index contributed by atoms with van der Waals surface area (Å²) in [4.78, 5) is 12.9. The molecule has 3 nitrogen and oxygen atoms in total. The lowest BCUT2D eigenvalue weighted by Crippen LogP contribution is -2.16. The van der Waals surface area contributed by atoms with Crippen molar-refractivity contribution in [3.8, 4) is 0 Å². The van der Waals surface area contributed by atoms with Crippen LogP contribution in [0.3, 0.4) is 0 Å². The van der Waals surface area contributed by atoms with Crippen LogP contribution >= 0.6 is 0 Å². The summed E-state index contributed by atoms with van der Waals surface area (Å²) in [7, 11) is 2.10. The van der Waals surface area contributed by atoms with Crippen LogP contribution in [0.1, 0.15) is 36.8 Å². The number of carboxylic acid groups (broad SMARTS) is 1. The van der Waals surface area contributed by atoms with Crippen LogP contribution in [0.5, 0.6) is 0 Å². The quantitative estimate of drug-likeness (QED) is 0.869. The zero-order valence-electron chi connectivity index (χ0n) is 10.4. The summed E-state index contributed by atoms with van der Waals surface area (Å²) >= 11 is 0. The van der Waals surface area contributed by atoms with E-state index >= 15 is 0 Å². The van der Waals surface area contributed by atoms with Crippen LogP contribution in [0.4, 0.5) is 5.69 Å². The molecule has 1 N–H and O–H groups in total. The Morgan fingerprint density at radius 2 is 2.29 bits per heavy atom. The van der Waals surface area contributed by atoms with Gasteiger partial charge < -0.3 is 10.0 Å². The molecule has 92 valence electrons. The molecule has 0 bridgehead atoms. The Morgan fingerprint density at radius 1 is 1.53 bits per heavy atom. The Morgan fingerprint density at radius 3 is 2.94 bits per heavy atom. The Balaban J connectivity index is 2.25. The van der Waals surface area contributed by atoms with Crippen LogP contribution in [-0.2, 0) is 11.2 Å². The molecule has 1 heterocycles. The summed E-state index contributed by atoms with van der Waals surface area (Å²) in [6.07, 6.45) is 2.02. The highest BCUT2D eigenvalue weighted by Gasteiger charge is 2.27.